The van der Waals surface area contributed by atoms with E-state index in [1.54, 1.807) is 0 Å². The summed E-state index contributed by atoms with van der Waals surface area (Å²) in [5.41, 5.74) is 2.26. The Morgan fingerprint density at radius 2 is 1.32 bits per heavy atom. The highest BCUT2D eigenvalue weighted by molar-refractivity contribution is 5.43. The van der Waals surface area contributed by atoms with Gasteiger partial charge in [-0.3, -0.25) is 4.98 Å². The van der Waals surface area contributed by atoms with E-state index in [1.165, 1.54) is 76.3 Å². The molecule has 0 aliphatic rings. The third-order valence-electron chi connectivity index (χ3n) is 4.88. The van der Waals surface area contributed by atoms with Crippen LogP contribution in [0, 0.1) is 6.92 Å². The molecule has 0 saturated carbocycles. The molecular formula is C22H41N3. The van der Waals surface area contributed by atoms with Gasteiger partial charge in [0.1, 0.15) is 5.82 Å². The summed E-state index contributed by atoms with van der Waals surface area (Å²) < 4.78 is 0. The van der Waals surface area contributed by atoms with Crippen LogP contribution in [0.1, 0.15) is 103 Å². The average Bonchev–Trinajstić information content (AvgIpc) is 2.62. The number of nitrogens with zero attached hydrogens (tertiary/aromatic N) is 3. The lowest BCUT2D eigenvalue weighted by Gasteiger charge is -2.25. The molecule has 1 rings (SSSR count). The Hall–Kier alpha value is -1.12. The van der Waals surface area contributed by atoms with Gasteiger partial charge in [-0.1, -0.05) is 72.1 Å². The third kappa shape index (κ3) is 9.23. The van der Waals surface area contributed by atoms with Gasteiger partial charge < -0.3 is 4.90 Å². The zero-order chi connectivity index (χ0) is 18.3. The number of rotatable bonds is 15. The van der Waals surface area contributed by atoms with E-state index in [9.17, 15) is 0 Å². The van der Waals surface area contributed by atoms with Crippen LogP contribution in [0.4, 0.5) is 5.82 Å². The first-order valence-corrected chi connectivity index (χ1v) is 10.8. The van der Waals surface area contributed by atoms with Gasteiger partial charge in [-0.05, 0) is 32.6 Å². The van der Waals surface area contributed by atoms with Crippen molar-refractivity contribution in [1.82, 2.24) is 9.97 Å². The lowest BCUT2D eigenvalue weighted by Crippen LogP contribution is -2.28. The molecule has 0 aliphatic carbocycles. The Morgan fingerprint density at radius 1 is 0.760 bits per heavy atom. The van der Waals surface area contributed by atoms with Crippen molar-refractivity contribution in [3.63, 3.8) is 0 Å². The van der Waals surface area contributed by atoms with Crippen LogP contribution >= 0.6 is 0 Å². The molecule has 0 N–H and O–H groups in total. The first kappa shape index (κ1) is 21.9. The van der Waals surface area contributed by atoms with E-state index >= 15 is 0 Å². The first-order valence-electron chi connectivity index (χ1n) is 10.8. The molecule has 3 nitrogen and oxygen atoms in total. The second-order valence-electron chi connectivity index (χ2n) is 7.34. The highest BCUT2D eigenvalue weighted by Crippen LogP contribution is 2.19. The van der Waals surface area contributed by atoms with E-state index in [4.69, 9.17) is 4.98 Å². The van der Waals surface area contributed by atoms with Gasteiger partial charge in [0.2, 0.25) is 0 Å². The molecule has 0 fully saturated rings. The Bertz CT molecular complexity index is 435. The van der Waals surface area contributed by atoms with Crippen LogP contribution in [0.3, 0.4) is 0 Å². The third-order valence-corrected chi connectivity index (χ3v) is 4.88. The molecule has 0 bridgehead atoms. The topological polar surface area (TPSA) is 29.0 Å². The molecular weight excluding hydrogens is 306 g/mol. The van der Waals surface area contributed by atoms with E-state index in [2.05, 4.69) is 37.6 Å². The maximum Gasteiger partial charge on any atom is 0.150 e. The lowest BCUT2D eigenvalue weighted by molar-refractivity contribution is 0.618. The van der Waals surface area contributed by atoms with Crippen molar-refractivity contribution in [3.8, 4) is 0 Å². The highest BCUT2D eigenvalue weighted by Gasteiger charge is 2.12. The summed E-state index contributed by atoms with van der Waals surface area (Å²) in [6, 6.07) is 0. The average molecular weight is 348 g/mol. The van der Waals surface area contributed by atoms with Crippen molar-refractivity contribution in [2.24, 2.45) is 0 Å². The van der Waals surface area contributed by atoms with Gasteiger partial charge in [0.25, 0.3) is 0 Å². The summed E-state index contributed by atoms with van der Waals surface area (Å²) in [5, 5.41) is 0. The van der Waals surface area contributed by atoms with Crippen molar-refractivity contribution in [2.75, 3.05) is 18.0 Å². The largest absolute Gasteiger partial charge is 0.355 e. The number of hydrogen-bond acceptors (Lipinski definition) is 3. The summed E-state index contributed by atoms with van der Waals surface area (Å²) in [6.07, 6.45) is 17.3. The smallest absolute Gasteiger partial charge is 0.150 e. The molecule has 0 aromatic carbocycles. The minimum atomic E-state index is 1.07. The minimum Gasteiger partial charge on any atom is -0.355 e. The summed E-state index contributed by atoms with van der Waals surface area (Å²) in [6.45, 7) is 11.2. The molecule has 0 saturated heterocycles. The van der Waals surface area contributed by atoms with Crippen LogP contribution in [-0.2, 0) is 6.42 Å². The first-order chi connectivity index (χ1) is 12.2. The normalized spacial score (nSPS) is 11.0. The van der Waals surface area contributed by atoms with E-state index in [-0.39, 0.29) is 0 Å². The fourth-order valence-corrected chi connectivity index (χ4v) is 3.23. The molecule has 0 atom stereocenters. The van der Waals surface area contributed by atoms with Crippen molar-refractivity contribution < 1.29 is 0 Å². The van der Waals surface area contributed by atoms with Crippen LogP contribution in [0.2, 0.25) is 0 Å². The van der Waals surface area contributed by atoms with Crippen molar-refractivity contribution >= 4 is 5.82 Å². The molecule has 25 heavy (non-hydrogen) atoms. The predicted octanol–water partition coefficient (Wildman–Crippen LogP) is 6.48. The molecule has 0 amide bonds. The Kier molecular flexibility index (Phi) is 12.4. The van der Waals surface area contributed by atoms with E-state index < -0.39 is 0 Å². The van der Waals surface area contributed by atoms with Crippen LogP contribution < -0.4 is 4.90 Å². The zero-order valence-electron chi connectivity index (χ0n) is 17.3. The molecule has 144 valence electrons. The molecule has 1 aromatic rings. The molecule has 0 radical (unpaired) electrons. The molecule has 1 heterocycles. The maximum atomic E-state index is 5.01. The van der Waals surface area contributed by atoms with Gasteiger partial charge in [-0.2, -0.15) is 0 Å². The van der Waals surface area contributed by atoms with Gasteiger partial charge in [-0.15, -0.1) is 0 Å². The summed E-state index contributed by atoms with van der Waals surface area (Å²) in [5.74, 6) is 1.14. The Labute approximate surface area is 156 Å². The van der Waals surface area contributed by atoms with Gasteiger partial charge in [0.15, 0.2) is 0 Å². The molecule has 3 heteroatoms. The molecule has 1 aromatic heterocycles. The Balaban J connectivity index is 2.68. The SMILES string of the molecule is CCCCCCCc1cnc(C)c(N(CCCCC)CCCCC)n1. The molecule has 0 unspecified atom stereocenters. The molecule has 0 aliphatic heterocycles. The van der Waals surface area contributed by atoms with Crippen LogP contribution in [0.15, 0.2) is 6.20 Å². The number of anilines is 1. The highest BCUT2D eigenvalue weighted by atomic mass is 15.2. The summed E-state index contributed by atoms with van der Waals surface area (Å²) in [7, 11) is 0. The van der Waals surface area contributed by atoms with E-state index in [0.29, 0.717) is 0 Å². The second kappa shape index (κ2) is 14.1. The number of aryl methyl sites for hydroxylation is 2. The van der Waals surface area contributed by atoms with Crippen LogP contribution in [0.5, 0.6) is 0 Å². The fourth-order valence-electron chi connectivity index (χ4n) is 3.23. The lowest BCUT2D eigenvalue weighted by atomic mass is 10.1. The monoisotopic (exact) mass is 347 g/mol. The minimum absolute atomic E-state index is 1.07. The van der Waals surface area contributed by atoms with Crippen LogP contribution in [-0.4, -0.2) is 23.1 Å². The number of hydrogen-bond donors (Lipinski definition) is 0. The predicted molar refractivity (Wildman–Crippen MR) is 110 cm³/mol. The number of unbranched alkanes of at least 4 members (excludes halogenated alkanes) is 8. The van der Waals surface area contributed by atoms with E-state index in [1.807, 2.05) is 6.20 Å². The van der Waals surface area contributed by atoms with Crippen molar-refractivity contribution in [1.29, 1.82) is 0 Å². The standard InChI is InChI=1S/C22H41N3/c1-5-8-11-12-13-16-21-19-23-20(4)22(24-21)25(17-14-9-6-2)18-15-10-7-3/h19H,5-18H2,1-4H3. The van der Waals surface area contributed by atoms with Gasteiger partial charge in [-0.25, -0.2) is 4.98 Å². The van der Waals surface area contributed by atoms with E-state index in [0.717, 1.165) is 31.0 Å². The fraction of sp³-hybridized carbons (Fsp3) is 0.818. The molecule has 0 spiro atoms. The second-order valence-corrected chi connectivity index (χ2v) is 7.34. The zero-order valence-corrected chi connectivity index (χ0v) is 17.3. The van der Waals surface area contributed by atoms with Crippen molar-refractivity contribution in [2.45, 2.75) is 105 Å². The van der Waals surface area contributed by atoms with Crippen LogP contribution in [0.25, 0.3) is 0 Å². The number of aromatic nitrogens is 2. The summed E-state index contributed by atoms with van der Waals surface area (Å²) >= 11 is 0. The van der Waals surface area contributed by atoms with Gasteiger partial charge >= 0.3 is 0 Å². The maximum absolute atomic E-state index is 5.01. The quantitative estimate of drug-likeness (QED) is 0.340. The van der Waals surface area contributed by atoms with Gasteiger partial charge in [0, 0.05) is 19.3 Å². The van der Waals surface area contributed by atoms with Crippen molar-refractivity contribution in [3.05, 3.63) is 17.6 Å². The van der Waals surface area contributed by atoms with Gasteiger partial charge in [0.05, 0.1) is 11.4 Å². The Morgan fingerprint density at radius 3 is 1.92 bits per heavy atom. The summed E-state index contributed by atoms with van der Waals surface area (Å²) in [4.78, 5) is 12.2.